The van der Waals surface area contributed by atoms with E-state index in [4.69, 9.17) is 0 Å². The van der Waals surface area contributed by atoms with Crippen molar-refractivity contribution < 1.29 is 0 Å². The van der Waals surface area contributed by atoms with E-state index in [0.717, 1.165) is 13.1 Å². The zero-order chi connectivity index (χ0) is 11.9. The van der Waals surface area contributed by atoms with Crippen LogP contribution in [-0.2, 0) is 6.54 Å². The van der Waals surface area contributed by atoms with Crippen molar-refractivity contribution in [2.24, 2.45) is 0 Å². The highest BCUT2D eigenvalue weighted by Crippen LogP contribution is 2.06. The largest absolute Gasteiger partial charge is 0.312 e. The number of nitrogens with one attached hydrogen (secondary N) is 1. The van der Waals surface area contributed by atoms with Gasteiger partial charge in [-0.1, -0.05) is 0 Å². The van der Waals surface area contributed by atoms with E-state index in [1.165, 1.54) is 38.9 Å². The number of nitrogens with zero attached hydrogens (tertiary/aromatic N) is 3. The predicted molar refractivity (Wildman–Crippen MR) is 70.0 cm³/mol. The molecule has 4 heteroatoms. The van der Waals surface area contributed by atoms with Crippen molar-refractivity contribution in [2.75, 3.05) is 26.2 Å². The highest BCUT2D eigenvalue weighted by molar-refractivity contribution is 4.79. The molecule has 1 atom stereocenters. The molecule has 1 aliphatic heterocycles. The van der Waals surface area contributed by atoms with Gasteiger partial charge in [-0.25, -0.2) is 0 Å². The molecule has 1 fully saturated rings. The average molecular weight is 236 g/mol. The summed E-state index contributed by atoms with van der Waals surface area (Å²) in [6.45, 7) is 8.15. The third-order valence-electron chi connectivity index (χ3n) is 3.36. The van der Waals surface area contributed by atoms with Crippen molar-refractivity contribution in [3.63, 3.8) is 0 Å². The van der Waals surface area contributed by atoms with E-state index in [1.807, 2.05) is 23.1 Å². The van der Waals surface area contributed by atoms with Gasteiger partial charge < -0.3 is 10.2 Å². The summed E-state index contributed by atoms with van der Waals surface area (Å²) in [6.07, 6.45) is 7.89. The fourth-order valence-electron chi connectivity index (χ4n) is 2.41. The van der Waals surface area contributed by atoms with E-state index in [1.54, 1.807) is 0 Å². The Morgan fingerprint density at radius 1 is 1.35 bits per heavy atom. The van der Waals surface area contributed by atoms with Crippen LogP contribution in [-0.4, -0.2) is 46.9 Å². The lowest BCUT2D eigenvalue weighted by Crippen LogP contribution is -2.33. The fourth-order valence-corrected chi connectivity index (χ4v) is 2.41. The molecule has 1 N–H and O–H groups in total. The second-order valence-corrected chi connectivity index (χ2v) is 4.99. The van der Waals surface area contributed by atoms with Gasteiger partial charge in [0.1, 0.15) is 0 Å². The first-order valence-electron chi connectivity index (χ1n) is 6.78. The average Bonchev–Trinajstić information content (AvgIpc) is 2.96. The Morgan fingerprint density at radius 2 is 2.18 bits per heavy atom. The van der Waals surface area contributed by atoms with Crippen LogP contribution >= 0.6 is 0 Å². The van der Waals surface area contributed by atoms with Gasteiger partial charge in [-0.3, -0.25) is 4.68 Å². The smallest absolute Gasteiger partial charge is 0.0559 e. The molecule has 2 heterocycles. The van der Waals surface area contributed by atoms with Crippen LogP contribution in [0.1, 0.15) is 26.2 Å². The zero-order valence-electron chi connectivity index (χ0n) is 10.8. The third kappa shape index (κ3) is 4.48. The minimum atomic E-state index is 0.494. The molecule has 1 saturated heterocycles. The minimum absolute atomic E-state index is 0.494. The molecule has 1 aromatic rings. The Morgan fingerprint density at radius 3 is 2.88 bits per heavy atom. The predicted octanol–water partition coefficient (Wildman–Crippen LogP) is 1.35. The molecule has 0 radical (unpaired) electrons. The summed E-state index contributed by atoms with van der Waals surface area (Å²) < 4.78 is 1.98. The maximum atomic E-state index is 4.22. The van der Waals surface area contributed by atoms with E-state index in [9.17, 15) is 0 Å². The van der Waals surface area contributed by atoms with Gasteiger partial charge in [-0.15, -0.1) is 0 Å². The second-order valence-electron chi connectivity index (χ2n) is 4.99. The molecule has 0 aliphatic carbocycles. The van der Waals surface area contributed by atoms with Gasteiger partial charge in [0, 0.05) is 18.4 Å². The van der Waals surface area contributed by atoms with Crippen molar-refractivity contribution in [3.8, 4) is 0 Å². The molecular weight excluding hydrogens is 212 g/mol. The van der Waals surface area contributed by atoms with Crippen LogP contribution in [0, 0.1) is 0 Å². The van der Waals surface area contributed by atoms with Crippen molar-refractivity contribution in [1.29, 1.82) is 0 Å². The Bertz CT molecular complexity index is 290. The van der Waals surface area contributed by atoms with Gasteiger partial charge >= 0.3 is 0 Å². The summed E-state index contributed by atoms with van der Waals surface area (Å²) in [4.78, 5) is 2.57. The van der Waals surface area contributed by atoms with Crippen molar-refractivity contribution in [2.45, 2.75) is 38.8 Å². The molecule has 0 aromatic carbocycles. The highest BCUT2D eigenvalue weighted by atomic mass is 15.3. The molecule has 1 aromatic heterocycles. The Labute approximate surface area is 104 Å². The number of likely N-dealkylation sites (tertiary alicyclic amines) is 1. The molecule has 0 amide bonds. The Balaban J connectivity index is 1.52. The topological polar surface area (TPSA) is 33.1 Å². The van der Waals surface area contributed by atoms with Gasteiger partial charge in [-0.05, 0) is 58.4 Å². The maximum Gasteiger partial charge on any atom is 0.0559 e. The number of aromatic nitrogens is 2. The molecule has 0 saturated carbocycles. The highest BCUT2D eigenvalue weighted by Gasteiger charge is 2.10. The number of hydrogen-bond donors (Lipinski definition) is 1. The quantitative estimate of drug-likeness (QED) is 0.725. The summed E-state index contributed by atoms with van der Waals surface area (Å²) in [5.41, 5.74) is 0. The number of rotatable bonds is 7. The molecular formula is C13H24N4. The first-order chi connectivity index (χ1) is 8.34. The van der Waals surface area contributed by atoms with Gasteiger partial charge in [-0.2, -0.15) is 5.10 Å². The van der Waals surface area contributed by atoms with Crippen LogP contribution in [0.4, 0.5) is 0 Å². The number of hydrogen-bond acceptors (Lipinski definition) is 3. The van der Waals surface area contributed by atoms with Crippen LogP contribution in [0.5, 0.6) is 0 Å². The lowest BCUT2D eigenvalue weighted by Gasteiger charge is -2.17. The van der Waals surface area contributed by atoms with E-state index in [0.29, 0.717) is 6.04 Å². The molecule has 17 heavy (non-hydrogen) atoms. The Kier molecular flexibility index (Phi) is 5.01. The summed E-state index contributed by atoms with van der Waals surface area (Å²) >= 11 is 0. The normalized spacial score (nSPS) is 18.6. The lowest BCUT2D eigenvalue weighted by molar-refractivity contribution is 0.325. The molecule has 2 rings (SSSR count). The van der Waals surface area contributed by atoms with E-state index >= 15 is 0 Å². The van der Waals surface area contributed by atoms with Gasteiger partial charge in [0.05, 0.1) is 6.54 Å². The summed E-state index contributed by atoms with van der Waals surface area (Å²) in [5, 5.41) is 7.77. The van der Waals surface area contributed by atoms with Gasteiger partial charge in [0.2, 0.25) is 0 Å². The summed E-state index contributed by atoms with van der Waals surface area (Å²) in [7, 11) is 0. The van der Waals surface area contributed by atoms with E-state index < -0.39 is 0 Å². The van der Waals surface area contributed by atoms with Crippen LogP contribution in [0.15, 0.2) is 18.5 Å². The van der Waals surface area contributed by atoms with Crippen LogP contribution in [0.3, 0.4) is 0 Å². The molecule has 1 unspecified atom stereocenters. The first kappa shape index (κ1) is 12.6. The molecule has 0 bridgehead atoms. The summed E-state index contributed by atoms with van der Waals surface area (Å²) in [5.74, 6) is 0. The van der Waals surface area contributed by atoms with Crippen molar-refractivity contribution in [1.82, 2.24) is 20.0 Å². The minimum Gasteiger partial charge on any atom is -0.312 e. The van der Waals surface area contributed by atoms with Crippen molar-refractivity contribution >= 4 is 0 Å². The van der Waals surface area contributed by atoms with Crippen molar-refractivity contribution in [3.05, 3.63) is 18.5 Å². The lowest BCUT2D eigenvalue weighted by atomic mass is 10.3. The van der Waals surface area contributed by atoms with Crippen LogP contribution in [0.25, 0.3) is 0 Å². The maximum absolute atomic E-state index is 4.22. The second kappa shape index (κ2) is 6.77. The standard InChI is InChI=1S/C13H24N4/c1-13(12-17-11-5-7-15-17)14-6-4-10-16-8-2-3-9-16/h5,7,11,13-14H,2-4,6,8-10,12H2,1H3. The molecule has 96 valence electrons. The van der Waals surface area contributed by atoms with Crippen LogP contribution in [0.2, 0.25) is 0 Å². The van der Waals surface area contributed by atoms with Crippen LogP contribution < -0.4 is 5.32 Å². The Hall–Kier alpha value is -0.870. The van der Waals surface area contributed by atoms with Gasteiger partial charge in [0.25, 0.3) is 0 Å². The molecule has 1 aliphatic rings. The van der Waals surface area contributed by atoms with E-state index in [-0.39, 0.29) is 0 Å². The summed E-state index contributed by atoms with van der Waals surface area (Å²) in [6, 6.07) is 2.47. The monoisotopic (exact) mass is 236 g/mol. The molecule has 4 nitrogen and oxygen atoms in total. The zero-order valence-corrected chi connectivity index (χ0v) is 10.8. The fraction of sp³-hybridized carbons (Fsp3) is 0.769. The molecule has 0 spiro atoms. The third-order valence-corrected chi connectivity index (χ3v) is 3.36. The SMILES string of the molecule is CC(Cn1cccn1)NCCCN1CCCC1. The van der Waals surface area contributed by atoms with E-state index in [2.05, 4.69) is 22.2 Å². The van der Waals surface area contributed by atoms with Gasteiger partial charge in [0.15, 0.2) is 0 Å². The first-order valence-corrected chi connectivity index (χ1v) is 6.78.